The fourth-order valence-corrected chi connectivity index (χ4v) is 2.37. The highest BCUT2D eigenvalue weighted by atomic mass is 16.5. The van der Waals surface area contributed by atoms with Gasteiger partial charge in [0.25, 0.3) is 0 Å². The van der Waals surface area contributed by atoms with Gasteiger partial charge in [-0.25, -0.2) is 9.59 Å². The molecule has 9 nitrogen and oxygen atoms in total. The molecule has 1 rings (SSSR count). The van der Waals surface area contributed by atoms with Crippen LogP contribution in [0.2, 0.25) is 0 Å². The van der Waals surface area contributed by atoms with Crippen molar-refractivity contribution in [2.75, 3.05) is 24.8 Å². The third-order valence-corrected chi connectivity index (χ3v) is 3.42. The van der Waals surface area contributed by atoms with Crippen molar-refractivity contribution in [2.45, 2.75) is 25.8 Å². The molecule has 1 atom stereocenters. The van der Waals surface area contributed by atoms with Crippen LogP contribution in [0.4, 0.5) is 11.4 Å². The SMILES string of the molecule is CNc1cc(CC(NC(C)=O)(C(=O)O)C(=O)OC)ccc1NC(C)=O. The van der Waals surface area contributed by atoms with Crippen LogP contribution in [-0.4, -0.2) is 48.6 Å². The second kappa shape index (κ2) is 8.13. The molecule has 2 amide bonds. The molecule has 0 saturated heterocycles. The van der Waals surface area contributed by atoms with Crippen molar-refractivity contribution in [2.24, 2.45) is 0 Å². The Labute approximate surface area is 144 Å². The Balaban J connectivity index is 3.32. The van der Waals surface area contributed by atoms with Gasteiger partial charge in [0, 0.05) is 27.3 Å². The predicted molar refractivity (Wildman–Crippen MR) is 90.2 cm³/mol. The van der Waals surface area contributed by atoms with E-state index in [2.05, 4.69) is 20.7 Å². The molecule has 9 heteroatoms. The minimum absolute atomic E-state index is 0.267. The smallest absolute Gasteiger partial charge is 0.343 e. The minimum Gasteiger partial charge on any atom is -0.479 e. The number of carboxylic acids is 1. The van der Waals surface area contributed by atoms with Crippen molar-refractivity contribution >= 4 is 35.1 Å². The Hall–Kier alpha value is -3.10. The Morgan fingerprint density at radius 1 is 1.12 bits per heavy atom. The lowest BCUT2D eigenvalue weighted by Gasteiger charge is -2.27. The van der Waals surface area contributed by atoms with Crippen molar-refractivity contribution in [3.63, 3.8) is 0 Å². The Morgan fingerprint density at radius 3 is 2.20 bits per heavy atom. The highest BCUT2D eigenvalue weighted by molar-refractivity contribution is 6.07. The van der Waals surface area contributed by atoms with Crippen LogP contribution >= 0.6 is 0 Å². The van der Waals surface area contributed by atoms with Crippen molar-refractivity contribution in [1.82, 2.24) is 5.32 Å². The van der Waals surface area contributed by atoms with E-state index in [0.717, 1.165) is 14.0 Å². The molecule has 0 bridgehead atoms. The number of nitrogens with one attached hydrogen (secondary N) is 3. The van der Waals surface area contributed by atoms with Crippen LogP contribution in [0.25, 0.3) is 0 Å². The zero-order valence-electron chi connectivity index (χ0n) is 14.4. The van der Waals surface area contributed by atoms with Crippen LogP contribution in [0.15, 0.2) is 18.2 Å². The number of hydrogen-bond donors (Lipinski definition) is 4. The number of ether oxygens (including phenoxy) is 1. The van der Waals surface area contributed by atoms with Crippen LogP contribution in [0, 0.1) is 0 Å². The average Bonchev–Trinajstić information content (AvgIpc) is 2.53. The number of esters is 1. The summed E-state index contributed by atoms with van der Waals surface area (Å²) in [7, 11) is 2.67. The Morgan fingerprint density at radius 2 is 1.76 bits per heavy atom. The van der Waals surface area contributed by atoms with E-state index < -0.39 is 23.4 Å². The monoisotopic (exact) mass is 351 g/mol. The summed E-state index contributed by atoms with van der Waals surface area (Å²) in [5, 5.41) is 17.2. The number of carboxylic acid groups (broad SMARTS) is 1. The highest BCUT2D eigenvalue weighted by Crippen LogP contribution is 2.26. The summed E-state index contributed by atoms with van der Waals surface area (Å²) in [6, 6.07) is 4.70. The van der Waals surface area contributed by atoms with Crippen LogP contribution in [0.1, 0.15) is 19.4 Å². The average molecular weight is 351 g/mol. The third kappa shape index (κ3) is 4.69. The van der Waals surface area contributed by atoms with E-state index >= 15 is 0 Å². The number of carbonyl (C=O) groups is 4. The van der Waals surface area contributed by atoms with Gasteiger partial charge in [0.1, 0.15) is 0 Å². The summed E-state index contributed by atoms with van der Waals surface area (Å²) >= 11 is 0. The zero-order chi connectivity index (χ0) is 19.2. The standard InChI is InChI=1S/C16H21N3O6/c1-9(20)18-12-6-5-11(7-13(12)17-3)8-16(14(22)23,15(24)25-4)19-10(2)21/h5-7,17H,8H2,1-4H3,(H,18,20)(H,19,21)(H,22,23). The van der Waals surface area contributed by atoms with Gasteiger partial charge in [-0.2, -0.15) is 0 Å². The van der Waals surface area contributed by atoms with Crippen LogP contribution in [0.3, 0.4) is 0 Å². The summed E-state index contributed by atoms with van der Waals surface area (Å²) in [4.78, 5) is 46.5. The van der Waals surface area contributed by atoms with E-state index in [0.29, 0.717) is 16.9 Å². The van der Waals surface area contributed by atoms with E-state index in [1.54, 1.807) is 25.2 Å². The summed E-state index contributed by atoms with van der Waals surface area (Å²) in [6.45, 7) is 2.47. The summed E-state index contributed by atoms with van der Waals surface area (Å²) in [5.74, 6) is -3.58. The van der Waals surface area contributed by atoms with Gasteiger partial charge < -0.3 is 25.8 Å². The molecule has 0 spiro atoms. The first-order valence-electron chi connectivity index (χ1n) is 7.35. The van der Waals surface area contributed by atoms with Crippen LogP contribution in [-0.2, 0) is 30.3 Å². The van der Waals surface area contributed by atoms with Gasteiger partial charge in [-0.15, -0.1) is 0 Å². The predicted octanol–water partition coefficient (Wildman–Crippen LogP) is 0.362. The highest BCUT2D eigenvalue weighted by Gasteiger charge is 2.48. The fourth-order valence-electron chi connectivity index (χ4n) is 2.37. The van der Waals surface area contributed by atoms with Crippen molar-refractivity contribution in [1.29, 1.82) is 0 Å². The Kier molecular flexibility index (Phi) is 6.49. The second-order valence-electron chi connectivity index (χ2n) is 5.37. The molecule has 4 N–H and O–H groups in total. The molecule has 0 aromatic heterocycles. The van der Waals surface area contributed by atoms with Crippen molar-refractivity contribution in [3.8, 4) is 0 Å². The van der Waals surface area contributed by atoms with Crippen molar-refractivity contribution in [3.05, 3.63) is 23.8 Å². The molecular formula is C16H21N3O6. The van der Waals surface area contributed by atoms with E-state index in [1.165, 1.54) is 6.92 Å². The first kappa shape index (κ1) is 19.9. The van der Waals surface area contributed by atoms with Crippen molar-refractivity contribution < 1.29 is 29.0 Å². The maximum Gasteiger partial charge on any atom is 0.343 e. The molecular weight excluding hydrogens is 330 g/mol. The lowest BCUT2D eigenvalue weighted by molar-refractivity contribution is -0.163. The largest absolute Gasteiger partial charge is 0.479 e. The van der Waals surface area contributed by atoms with Crippen LogP contribution in [0.5, 0.6) is 0 Å². The molecule has 0 heterocycles. The lowest BCUT2D eigenvalue weighted by Crippen LogP contribution is -2.61. The van der Waals surface area contributed by atoms with E-state index in [-0.39, 0.29) is 12.3 Å². The Bertz CT molecular complexity index is 703. The molecule has 0 fully saturated rings. The van der Waals surface area contributed by atoms with E-state index in [4.69, 9.17) is 0 Å². The lowest BCUT2D eigenvalue weighted by atomic mass is 9.90. The number of amides is 2. The second-order valence-corrected chi connectivity index (χ2v) is 5.37. The molecule has 0 aliphatic heterocycles. The first-order valence-corrected chi connectivity index (χ1v) is 7.35. The number of benzene rings is 1. The molecule has 0 radical (unpaired) electrons. The fraction of sp³-hybridized carbons (Fsp3) is 0.375. The summed E-state index contributed by atoms with van der Waals surface area (Å²) in [5.41, 5.74) is -0.779. The molecule has 0 aliphatic carbocycles. The van der Waals surface area contributed by atoms with Gasteiger partial charge >= 0.3 is 11.9 Å². The molecule has 25 heavy (non-hydrogen) atoms. The van der Waals surface area contributed by atoms with E-state index in [1.807, 2.05) is 0 Å². The minimum atomic E-state index is -2.25. The van der Waals surface area contributed by atoms with Gasteiger partial charge in [0.2, 0.25) is 17.4 Å². The quantitative estimate of drug-likeness (QED) is 0.412. The number of anilines is 2. The number of aliphatic carboxylic acids is 1. The number of hydrogen-bond acceptors (Lipinski definition) is 6. The summed E-state index contributed by atoms with van der Waals surface area (Å²) < 4.78 is 4.58. The molecule has 0 aliphatic rings. The molecule has 1 aromatic carbocycles. The molecule has 1 unspecified atom stereocenters. The third-order valence-electron chi connectivity index (χ3n) is 3.42. The first-order chi connectivity index (χ1) is 11.7. The van der Waals surface area contributed by atoms with E-state index in [9.17, 15) is 24.3 Å². The van der Waals surface area contributed by atoms with Gasteiger partial charge in [-0.05, 0) is 17.7 Å². The van der Waals surface area contributed by atoms with Gasteiger partial charge in [0.05, 0.1) is 18.5 Å². The number of methoxy groups -OCH3 is 1. The topological polar surface area (TPSA) is 134 Å². The molecule has 0 saturated carbocycles. The van der Waals surface area contributed by atoms with Gasteiger partial charge in [0.15, 0.2) is 0 Å². The zero-order valence-corrected chi connectivity index (χ0v) is 14.4. The summed E-state index contributed by atoms with van der Waals surface area (Å²) in [6.07, 6.45) is -0.330. The number of rotatable bonds is 7. The normalized spacial score (nSPS) is 12.5. The van der Waals surface area contributed by atoms with Crippen LogP contribution < -0.4 is 16.0 Å². The maximum absolute atomic E-state index is 12.1. The molecule has 136 valence electrons. The number of carbonyl (C=O) groups excluding carboxylic acids is 3. The van der Waals surface area contributed by atoms with Gasteiger partial charge in [-0.3, -0.25) is 9.59 Å². The van der Waals surface area contributed by atoms with Gasteiger partial charge in [-0.1, -0.05) is 6.07 Å². The molecule has 1 aromatic rings. The maximum atomic E-state index is 12.1.